The molecule has 2 saturated heterocycles. The number of ether oxygens (including phenoxy) is 1. The molecule has 3 aliphatic heterocycles. The molecule has 0 aromatic heterocycles. The SMILES string of the molecule is CSCCCN1CCN(C(=O)N2C(c3cc(SN4CCCC4)c(Cl)cc3OC(C)C)=NC(C)(c3ccc(Cl)cc3)C2(C)c2ccc(Cl)cc2)CC1. The van der Waals surface area contributed by atoms with E-state index in [9.17, 15) is 0 Å². The summed E-state index contributed by atoms with van der Waals surface area (Å²) >= 11 is 23.4. The highest BCUT2D eigenvalue weighted by Crippen LogP contribution is 2.54. The van der Waals surface area contributed by atoms with Crippen LogP contribution in [0.1, 0.15) is 63.6 Å². The Morgan fingerprint density at radius 1 is 0.882 bits per heavy atom. The normalized spacial score (nSPS) is 23.0. The minimum atomic E-state index is -0.982. The van der Waals surface area contributed by atoms with Crippen LogP contribution in [-0.4, -0.2) is 94.8 Å². The first kappa shape index (κ1) is 38.6. The lowest BCUT2D eigenvalue weighted by Crippen LogP contribution is -2.60. The van der Waals surface area contributed by atoms with Gasteiger partial charge in [0, 0.05) is 60.3 Å². The van der Waals surface area contributed by atoms with Gasteiger partial charge in [-0.15, -0.1) is 0 Å². The molecule has 12 heteroatoms. The van der Waals surface area contributed by atoms with Gasteiger partial charge in [-0.2, -0.15) is 11.8 Å². The number of urea groups is 1. The number of rotatable bonds is 11. The van der Waals surface area contributed by atoms with Crippen molar-refractivity contribution in [3.8, 4) is 5.75 Å². The Bertz CT molecular complexity index is 1710. The molecule has 51 heavy (non-hydrogen) atoms. The fourth-order valence-corrected chi connectivity index (χ4v) is 9.32. The van der Waals surface area contributed by atoms with Gasteiger partial charge in [-0.3, -0.25) is 14.8 Å². The second-order valence-electron chi connectivity index (χ2n) is 14.1. The molecule has 2 fully saturated rings. The summed E-state index contributed by atoms with van der Waals surface area (Å²) in [6.07, 6.45) is 5.47. The van der Waals surface area contributed by atoms with Crippen molar-refractivity contribution >= 4 is 70.4 Å². The predicted molar refractivity (Wildman–Crippen MR) is 216 cm³/mol. The lowest BCUT2D eigenvalue weighted by atomic mass is 9.71. The number of amides is 2. The van der Waals surface area contributed by atoms with Gasteiger partial charge in [0.25, 0.3) is 0 Å². The second kappa shape index (κ2) is 16.5. The summed E-state index contributed by atoms with van der Waals surface area (Å²) in [6.45, 7) is 14.2. The van der Waals surface area contributed by atoms with E-state index in [0.717, 1.165) is 79.3 Å². The zero-order valence-corrected chi connectivity index (χ0v) is 34.0. The Hall–Kier alpha value is -2.11. The number of amidine groups is 1. The van der Waals surface area contributed by atoms with Gasteiger partial charge in [-0.1, -0.05) is 59.1 Å². The van der Waals surface area contributed by atoms with Crippen LogP contribution in [0, 0.1) is 0 Å². The van der Waals surface area contributed by atoms with Crippen molar-refractivity contribution in [2.24, 2.45) is 4.99 Å². The lowest BCUT2D eigenvalue weighted by Gasteiger charge is -2.47. The fourth-order valence-electron chi connectivity index (χ4n) is 7.35. The third-order valence-electron chi connectivity index (χ3n) is 10.3. The van der Waals surface area contributed by atoms with Crippen molar-refractivity contribution in [3.63, 3.8) is 0 Å². The molecule has 0 bridgehead atoms. The highest BCUT2D eigenvalue weighted by molar-refractivity contribution is 7.98. The van der Waals surface area contributed by atoms with Crippen molar-refractivity contribution in [2.45, 2.75) is 69.0 Å². The first-order chi connectivity index (χ1) is 24.4. The molecule has 3 aromatic rings. The Kier molecular flexibility index (Phi) is 12.5. The van der Waals surface area contributed by atoms with E-state index in [0.29, 0.717) is 39.7 Å². The van der Waals surface area contributed by atoms with Crippen LogP contribution in [0.5, 0.6) is 5.75 Å². The minimum Gasteiger partial charge on any atom is -0.490 e. The van der Waals surface area contributed by atoms with E-state index < -0.39 is 11.1 Å². The smallest absolute Gasteiger partial charge is 0.326 e. The zero-order valence-electron chi connectivity index (χ0n) is 30.1. The lowest BCUT2D eigenvalue weighted by molar-refractivity contribution is 0.0868. The van der Waals surface area contributed by atoms with Gasteiger partial charge in [0.2, 0.25) is 0 Å². The molecule has 2 atom stereocenters. The number of benzene rings is 3. The van der Waals surface area contributed by atoms with E-state index in [2.05, 4.69) is 35.4 Å². The summed E-state index contributed by atoms with van der Waals surface area (Å²) in [6, 6.07) is 19.5. The van der Waals surface area contributed by atoms with Crippen molar-refractivity contribution < 1.29 is 9.53 Å². The van der Waals surface area contributed by atoms with Crippen LogP contribution >= 0.6 is 58.5 Å². The van der Waals surface area contributed by atoms with Crippen LogP contribution in [0.4, 0.5) is 4.79 Å². The van der Waals surface area contributed by atoms with Crippen LogP contribution in [0.25, 0.3) is 0 Å². The van der Waals surface area contributed by atoms with Crippen LogP contribution < -0.4 is 4.74 Å². The Morgan fingerprint density at radius 2 is 1.49 bits per heavy atom. The van der Waals surface area contributed by atoms with Crippen LogP contribution in [0.3, 0.4) is 0 Å². The molecule has 0 N–H and O–H groups in total. The van der Waals surface area contributed by atoms with Crippen molar-refractivity contribution in [1.29, 1.82) is 0 Å². The maximum atomic E-state index is 15.4. The quantitative estimate of drug-likeness (QED) is 0.143. The summed E-state index contributed by atoms with van der Waals surface area (Å²) < 4.78 is 8.84. The molecule has 6 rings (SSSR count). The Labute approximate surface area is 327 Å². The van der Waals surface area contributed by atoms with Gasteiger partial charge < -0.3 is 9.64 Å². The minimum absolute atomic E-state index is 0.0909. The Balaban J connectivity index is 1.53. The summed E-state index contributed by atoms with van der Waals surface area (Å²) in [5, 5.41) is 1.87. The highest BCUT2D eigenvalue weighted by atomic mass is 35.5. The van der Waals surface area contributed by atoms with E-state index in [1.807, 2.05) is 90.0 Å². The van der Waals surface area contributed by atoms with Crippen LogP contribution in [0.2, 0.25) is 15.1 Å². The molecule has 2 unspecified atom stereocenters. The third-order valence-corrected chi connectivity index (χ3v) is 13.1. The van der Waals surface area contributed by atoms with Gasteiger partial charge >= 0.3 is 6.03 Å². The molecule has 3 aromatic carbocycles. The molecule has 3 aliphatic rings. The predicted octanol–water partition coefficient (Wildman–Crippen LogP) is 9.92. The molecule has 7 nitrogen and oxygen atoms in total. The first-order valence-electron chi connectivity index (χ1n) is 17.8. The number of nitrogens with zero attached hydrogens (tertiary/aromatic N) is 5. The molecule has 0 aliphatic carbocycles. The van der Waals surface area contributed by atoms with E-state index >= 15 is 4.79 Å². The molecule has 0 saturated carbocycles. The summed E-state index contributed by atoms with van der Waals surface area (Å²) in [7, 11) is 0. The number of carbonyl (C=O) groups excluding carboxylic acids is 1. The summed E-state index contributed by atoms with van der Waals surface area (Å²) in [5.74, 6) is 2.28. The highest BCUT2D eigenvalue weighted by Gasteiger charge is 2.60. The Morgan fingerprint density at radius 3 is 2.08 bits per heavy atom. The van der Waals surface area contributed by atoms with E-state index in [1.165, 1.54) is 0 Å². The van der Waals surface area contributed by atoms with Crippen molar-refractivity contribution in [2.75, 3.05) is 57.8 Å². The molecule has 0 spiro atoms. The molecule has 2 amide bonds. The van der Waals surface area contributed by atoms with Gasteiger partial charge in [0.05, 0.1) is 16.7 Å². The largest absolute Gasteiger partial charge is 0.490 e. The van der Waals surface area contributed by atoms with Gasteiger partial charge in [-0.05, 0) is 119 Å². The van der Waals surface area contributed by atoms with E-state index in [1.54, 1.807) is 11.9 Å². The second-order valence-corrected chi connectivity index (χ2v) is 17.5. The zero-order chi connectivity index (χ0) is 36.3. The average Bonchev–Trinajstić information content (AvgIpc) is 3.71. The van der Waals surface area contributed by atoms with Crippen molar-refractivity contribution in [1.82, 2.24) is 19.0 Å². The number of thioether (sulfide) groups is 1. The number of hydrogen-bond donors (Lipinski definition) is 0. The third kappa shape index (κ3) is 8.06. The summed E-state index contributed by atoms with van der Waals surface area (Å²) in [4.78, 5) is 28.3. The van der Waals surface area contributed by atoms with Gasteiger partial charge in [0.15, 0.2) is 0 Å². The average molecular weight is 789 g/mol. The maximum absolute atomic E-state index is 15.4. The fraction of sp³-hybridized carbons (Fsp3) is 0.487. The van der Waals surface area contributed by atoms with Crippen LogP contribution in [0.15, 0.2) is 70.6 Å². The van der Waals surface area contributed by atoms with Crippen LogP contribution in [-0.2, 0) is 11.1 Å². The topological polar surface area (TPSA) is 51.6 Å². The molecular formula is C39H48Cl3N5O2S2. The maximum Gasteiger partial charge on any atom is 0.326 e. The number of aliphatic imine (C=N–C) groups is 1. The number of halogens is 3. The number of carbonyl (C=O) groups is 1. The van der Waals surface area contributed by atoms with Gasteiger partial charge in [-0.25, -0.2) is 9.10 Å². The molecule has 274 valence electrons. The molecule has 3 heterocycles. The van der Waals surface area contributed by atoms with Crippen molar-refractivity contribution in [3.05, 3.63) is 92.4 Å². The number of piperazine rings is 1. The standard InChI is InChI=1S/C39H48Cl3N5O2S2/c1-27(2)49-34-26-33(42)35(51-46-18-6-7-19-46)25-32(34)36-43-38(3,28-9-13-30(40)14-10-28)39(4,29-11-15-31(41)16-12-29)47(36)37(48)45-22-20-44(21-23-45)17-8-24-50-5/h9-16,25-27H,6-8,17-24H2,1-5H3. The molecular weight excluding hydrogens is 741 g/mol. The van der Waals surface area contributed by atoms with Gasteiger partial charge in [0.1, 0.15) is 22.7 Å². The van der Waals surface area contributed by atoms with E-state index in [4.69, 9.17) is 44.5 Å². The summed E-state index contributed by atoms with van der Waals surface area (Å²) in [5.41, 5.74) is 0.663. The first-order valence-corrected chi connectivity index (χ1v) is 21.1. The van der Waals surface area contributed by atoms with E-state index in [-0.39, 0.29) is 12.1 Å². The molecule has 0 radical (unpaired) electrons. The monoisotopic (exact) mass is 787 g/mol. The number of hydrogen-bond acceptors (Lipinski definition) is 7.